The van der Waals surface area contributed by atoms with Crippen molar-refractivity contribution < 1.29 is 9.53 Å². The Labute approximate surface area is 128 Å². The van der Waals surface area contributed by atoms with Crippen molar-refractivity contribution in [3.8, 4) is 5.75 Å². The molecule has 0 unspecified atom stereocenters. The molecular weight excluding hydrogens is 290 g/mol. The number of halogens is 1. The molecule has 0 fully saturated rings. The topological polar surface area (TPSA) is 76.4 Å². The van der Waals surface area contributed by atoms with Crippen molar-refractivity contribution in [2.45, 2.75) is 6.54 Å². The monoisotopic (exact) mass is 305 g/mol. The average molecular weight is 306 g/mol. The summed E-state index contributed by atoms with van der Waals surface area (Å²) < 4.78 is 5.24. The lowest BCUT2D eigenvalue weighted by Gasteiger charge is -2.11. The molecule has 2 aromatic rings. The average Bonchev–Trinajstić information content (AvgIpc) is 2.53. The van der Waals surface area contributed by atoms with Gasteiger partial charge < -0.3 is 15.5 Å². The summed E-state index contributed by atoms with van der Waals surface area (Å²) in [4.78, 5) is 12.1. The number of rotatable bonds is 5. The van der Waals surface area contributed by atoms with Crippen molar-refractivity contribution in [1.29, 1.82) is 0 Å². The van der Waals surface area contributed by atoms with E-state index in [4.69, 9.17) is 22.2 Å². The molecule has 0 spiro atoms. The van der Waals surface area contributed by atoms with Gasteiger partial charge in [0.25, 0.3) is 5.91 Å². The molecule has 2 rings (SSSR count). The van der Waals surface area contributed by atoms with Crippen LogP contribution < -0.4 is 21.3 Å². The number of nitrogens with one attached hydrogen (secondary N) is 2. The highest BCUT2D eigenvalue weighted by molar-refractivity contribution is 6.31. The lowest BCUT2D eigenvalue weighted by Crippen LogP contribution is -2.23. The molecule has 6 heteroatoms. The number of nitrogen functional groups attached to an aromatic ring is 1. The van der Waals surface area contributed by atoms with Crippen LogP contribution in [0.2, 0.25) is 5.02 Å². The number of carbonyl (C=O) groups excluding carboxylic acids is 1. The Balaban J connectivity index is 2.07. The first-order valence-corrected chi connectivity index (χ1v) is 6.69. The summed E-state index contributed by atoms with van der Waals surface area (Å²) in [5, 5.41) is 3.37. The predicted octanol–water partition coefficient (Wildman–Crippen LogP) is 2.56. The van der Waals surface area contributed by atoms with Gasteiger partial charge in [-0.2, -0.15) is 0 Å². The maximum Gasteiger partial charge on any atom is 0.251 e. The molecule has 0 saturated carbocycles. The van der Waals surface area contributed by atoms with E-state index in [2.05, 4.69) is 10.7 Å². The van der Waals surface area contributed by atoms with Gasteiger partial charge in [0.2, 0.25) is 0 Å². The van der Waals surface area contributed by atoms with Crippen LogP contribution in [0.4, 0.5) is 5.69 Å². The molecule has 0 aromatic heterocycles. The molecule has 21 heavy (non-hydrogen) atoms. The summed E-state index contributed by atoms with van der Waals surface area (Å²) in [6.07, 6.45) is 0. The van der Waals surface area contributed by atoms with Gasteiger partial charge in [0.1, 0.15) is 5.75 Å². The normalized spacial score (nSPS) is 10.0. The number of ether oxygens (including phenoxy) is 1. The minimum absolute atomic E-state index is 0.194. The molecule has 0 atom stereocenters. The highest BCUT2D eigenvalue weighted by Gasteiger charge is 2.10. The molecule has 4 N–H and O–H groups in total. The second-order valence-electron chi connectivity index (χ2n) is 4.33. The summed E-state index contributed by atoms with van der Waals surface area (Å²) >= 11 is 6.12. The fourth-order valence-electron chi connectivity index (χ4n) is 1.89. The van der Waals surface area contributed by atoms with Crippen molar-refractivity contribution in [2.75, 3.05) is 12.5 Å². The van der Waals surface area contributed by atoms with Crippen molar-refractivity contribution in [1.82, 2.24) is 5.32 Å². The maximum absolute atomic E-state index is 12.1. The molecule has 110 valence electrons. The molecule has 1 amide bonds. The van der Waals surface area contributed by atoms with Crippen LogP contribution in [0.5, 0.6) is 5.75 Å². The summed E-state index contributed by atoms with van der Waals surface area (Å²) in [5.41, 5.74) is 4.53. The molecular formula is C15H16ClN3O2. The van der Waals surface area contributed by atoms with E-state index in [1.807, 2.05) is 0 Å². The zero-order chi connectivity index (χ0) is 15.2. The van der Waals surface area contributed by atoms with Crippen LogP contribution in [0.15, 0.2) is 42.5 Å². The maximum atomic E-state index is 12.1. The van der Waals surface area contributed by atoms with Crippen LogP contribution >= 0.6 is 11.6 Å². The van der Waals surface area contributed by atoms with Crippen molar-refractivity contribution in [3.05, 3.63) is 58.6 Å². The smallest absolute Gasteiger partial charge is 0.251 e. The Morgan fingerprint density at radius 1 is 1.24 bits per heavy atom. The Hall–Kier alpha value is -2.24. The molecule has 0 aliphatic heterocycles. The van der Waals surface area contributed by atoms with Crippen molar-refractivity contribution >= 4 is 23.2 Å². The third-order valence-electron chi connectivity index (χ3n) is 3.04. The molecule has 5 nitrogen and oxygen atoms in total. The van der Waals surface area contributed by atoms with Crippen LogP contribution in [-0.4, -0.2) is 13.0 Å². The first-order chi connectivity index (χ1) is 10.2. The van der Waals surface area contributed by atoms with E-state index in [0.717, 1.165) is 11.3 Å². The number of carbonyl (C=O) groups is 1. The Bertz CT molecular complexity index is 629. The van der Waals surface area contributed by atoms with Gasteiger partial charge in [0, 0.05) is 28.4 Å². The quantitative estimate of drug-likeness (QED) is 0.586. The van der Waals surface area contributed by atoms with Gasteiger partial charge in [-0.15, -0.1) is 0 Å². The second-order valence-corrected chi connectivity index (χ2v) is 4.73. The summed E-state index contributed by atoms with van der Waals surface area (Å²) in [7, 11) is 1.57. The van der Waals surface area contributed by atoms with Gasteiger partial charge in [-0.05, 0) is 36.4 Å². The standard InChI is InChI=1S/C15H16ClN3O2/c1-21-14-4-2-3-13(16)12(14)9-18-15(20)10-5-7-11(19-17)8-6-10/h2-8,19H,9,17H2,1H3,(H,18,20). The van der Waals surface area contributed by atoms with E-state index in [0.29, 0.717) is 22.9 Å². The lowest BCUT2D eigenvalue weighted by atomic mass is 10.1. The minimum atomic E-state index is -0.194. The van der Waals surface area contributed by atoms with Gasteiger partial charge in [-0.25, -0.2) is 0 Å². The molecule has 2 aromatic carbocycles. The number of amides is 1. The first kappa shape index (κ1) is 15.2. The predicted molar refractivity (Wildman–Crippen MR) is 83.4 cm³/mol. The van der Waals surface area contributed by atoms with E-state index >= 15 is 0 Å². The number of hydrogen-bond acceptors (Lipinski definition) is 4. The van der Waals surface area contributed by atoms with E-state index in [1.54, 1.807) is 49.6 Å². The zero-order valence-electron chi connectivity index (χ0n) is 11.5. The van der Waals surface area contributed by atoms with E-state index < -0.39 is 0 Å². The third-order valence-corrected chi connectivity index (χ3v) is 3.39. The number of benzene rings is 2. The third kappa shape index (κ3) is 3.65. The van der Waals surface area contributed by atoms with Gasteiger partial charge in [0.05, 0.1) is 7.11 Å². The summed E-state index contributed by atoms with van der Waals surface area (Å²) in [6, 6.07) is 12.2. The van der Waals surface area contributed by atoms with Crippen molar-refractivity contribution in [3.63, 3.8) is 0 Å². The minimum Gasteiger partial charge on any atom is -0.496 e. The Morgan fingerprint density at radius 3 is 2.57 bits per heavy atom. The Kier molecular flexibility index (Phi) is 5.03. The van der Waals surface area contributed by atoms with Crippen LogP contribution in [0.25, 0.3) is 0 Å². The fraction of sp³-hybridized carbons (Fsp3) is 0.133. The fourth-order valence-corrected chi connectivity index (χ4v) is 2.12. The molecule has 0 bridgehead atoms. The summed E-state index contributed by atoms with van der Waals surface area (Å²) in [6.45, 7) is 0.290. The van der Waals surface area contributed by atoms with Crippen LogP contribution in [0, 0.1) is 0 Å². The van der Waals surface area contributed by atoms with E-state index in [-0.39, 0.29) is 5.91 Å². The second kappa shape index (κ2) is 6.97. The number of anilines is 1. The van der Waals surface area contributed by atoms with Gasteiger partial charge in [-0.3, -0.25) is 10.6 Å². The molecule has 0 aliphatic carbocycles. The van der Waals surface area contributed by atoms with Crippen LogP contribution in [-0.2, 0) is 6.54 Å². The molecule has 0 radical (unpaired) electrons. The number of nitrogens with two attached hydrogens (primary N) is 1. The molecule has 0 saturated heterocycles. The van der Waals surface area contributed by atoms with Crippen LogP contribution in [0.3, 0.4) is 0 Å². The zero-order valence-corrected chi connectivity index (χ0v) is 12.3. The highest BCUT2D eigenvalue weighted by atomic mass is 35.5. The van der Waals surface area contributed by atoms with Gasteiger partial charge >= 0.3 is 0 Å². The van der Waals surface area contributed by atoms with Crippen molar-refractivity contribution in [2.24, 2.45) is 5.84 Å². The van der Waals surface area contributed by atoms with E-state index in [1.165, 1.54) is 0 Å². The Morgan fingerprint density at radius 2 is 1.95 bits per heavy atom. The number of hydrazine groups is 1. The largest absolute Gasteiger partial charge is 0.496 e. The lowest BCUT2D eigenvalue weighted by molar-refractivity contribution is 0.0950. The van der Waals surface area contributed by atoms with Crippen LogP contribution in [0.1, 0.15) is 15.9 Å². The molecule has 0 aliphatic rings. The van der Waals surface area contributed by atoms with E-state index in [9.17, 15) is 4.79 Å². The molecule has 0 heterocycles. The number of hydrogen-bond donors (Lipinski definition) is 3. The summed E-state index contributed by atoms with van der Waals surface area (Å²) in [5.74, 6) is 5.73. The SMILES string of the molecule is COc1cccc(Cl)c1CNC(=O)c1ccc(NN)cc1. The first-order valence-electron chi connectivity index (χ1n) is 6.32. The highest BCUT2D eigenvalue weighted by Crippen LogP contribution is 2.25. The number of methoxy groups -OCH3 is 1. The van der Waals surface area contributed by atoms with Gasteiger partial charge in [-0.1, -0.05) is 17.7 Å². The van der Waals surface area contributed by atoms with Gasteiger partial charge in [0.15, 0.2) is 0 Å².